The molecule has 0 aliphatic rings. The Bertz CT molecular complexity index is 254. The molecule has 0 aromatic rings. The van der Waals surface area contributed by atoms with Gasteiger partial charge in [-0.05, 0) is 18.9 Å². The van der Waals surface area contributed by atoms with Gasteiger partial charge in [0.15, 0.2) is 0 Å². The third-order valence-electron chi connectivity index (χ3n) is 1.24. The smallest absolute Gasteiger partial charge is 0.310 e. The monoisotopic (exact) mass is 179 g/mol. The fraction of sp³-hybridized carbons (Fsp3) is 1.00. The standard InChI is InChI=1S/C4H9N3O3S/c1-3-4(2)11(8,9)10-7-6-5/h4H,3H2,1-2H3. The van der Waals surface area contributed by atoms with Crippen molar-refractivity contribution >= 4 is 10.1 Å². The van der Waals surface area contributed by atoms with Gasteiger partial charge in [-0.25, -0.2) is 0 Å². The second-order valence-corrected chi connectivity index (χ2v) is 3.90. The highest BCUT2D eigenvalue weighted by Crippen LogP contribution is 2.07. The predicted molar refractivity (Wildman–Crippen MR) is 38.9 cm³/mol. The lowest BCUT2D eigenvalue weighted by atomic mass is 10.4. The van der Waals surface area contributed by atoms with Gasteiger partial charge in [-0.2, -0.15) is 8.42 Å². The Labute approximate surface area is 64.9 Å². The zero-order valence-electron chi connectivity index (χ0n) is 6.26. The SMILES string of the molecule is CCC(C)S(=O)(=O)ON=[N+]=[N-]. The van der Waals surface area contributed by atoms with Crippen LogP contribution in [0.15, 0.2) is 5.28 Å². The predicted octanol–water partition coefficient (Wildman–Crippen LogP) is 1.36. The van der Waals surface area contributed by atoms with E-state index in [9.17, 15) is 8.42 Å². The molecule has 1 unspecified atom stereocenters. The normalized spacial score (nSPS) is 13.3. The first-order valence-corrected chi connectivity index (χ1v) is 4.48. The Morgan fingerprint density at radius 2 is 2.27 bits per heavy atom. The van der Waals surface area contributed by atoms with Gasteiger partial charge in [0.25, 0.3) is 0 Å². The van der Waals surface area contributed by atoms with Crippen LogP contribution in [0.4, 0.5) is 0 Å². The molecule has 0 aliphatic carbocycles. The topological polar surface area (TPSA) is 92.1 Å². The zero-order valence-corrected chi connectivity index (χ0v) is 7.08. The van der Waals surface area contributed by atoms with Crippen molar-refractivity contribution in [3.8, 4) is 0 Å². The summed E-state index contributed by atoms with van der Waals surface area (Å²) in [4.78, 5) is 2.16. The van der Waals surface area contributed by atoms with Crippen LogP contribution in [0.1, 0.15) is 20.3 Å². The fourth-order valence-corrected chi connectivity index (χ4v) is 1.02. The van der Waals surface area contributed by atoms with Crippen LogP contribution in [-0.2, 0) is 14.4 Å². The quantitative estimate of drug-likeness (QED) is 0.282. The maximum absolute atomic E-state index is 10.8. The second-order valence-electron chi connectivity index (χ2n) is 1.96. The molecule has 0 aromatic heterocycles. The third-order valence-corrected chi connectivity index (χ3v) is 2.83. The highest BCUT2D eigenvalue weighted by Gasteiger charge is 2.19. The summed E-state index contributed by atoms with van der Waals surface area (Å²) >= 11 is 0. The van der Waals surface area contributed by atoms with Crippen molar-refractivity contribution < 1.29 is 12.7 Å². The van der Waals surface area contributed by atoms with Crippen LogP contribution in [0.2, 0.25) is 0 Å². The lowest BCUT2D eigenvalue weighted by Crippen LogP contribution is -2.17. The molecular formula is C4H9N3O3S. The van der Waals surface area contributed by atoms with E-state index in [2.05, 4.69) is 14.5 Å². The van der Waals surface area contributed by atoms with Crippen molar-refractivity contribution in [1.82, 2.24) is 0 Å². The molecule has 0 fully saturated rings. The van der Waals surface area contributed by atoms with Gasteiger partial charge in [-0.15, -0.1) is 0 Å². The van der Waals surface area contributed by atoms with Gasteiger partial charge in [0.1, 0.15) is 5.28 Å². The number of rotatable bonds is 4. The van der Waals surface area contributed by atoms with Crippen molar-refractivity contribution in [1.29, 1.82) is 0 Å². The Morgan fingerprint density at radius 1 is 1.73 bits per heavy atom. The summed E-state index contributed by atoms with van der Waals surface area (Å²) in [6.07, 6.45) is 0.420. The molecule has 11 heavy (non-hydrogen) atoms. The molecule has 0 bridgehead atoms. The lowest BCUT2D eigenvalue weighted by Gasteiger charge is -2.05. The molecule has 0 spiro atoms. The maximum Gasteiger partial charge on any atom is 0.318 e. The van der Waals surface area contributed by atoms with E-state index in [-0.39, 0.29) is 0 Å². The van der Waals surface area contributed by atoms with Crippen LogP contribution in [0.5, 0.6) is 0 Å². The van der Waals surface area contributed by atoms with Crippen molar-refractivity contribution in [2.75, 3.05) is 0 Å². The van der Waals surface area contributed by atoms with E-state index in [0.29, 0.717) is 6.42 Å². The molecule has 0 radical (unpaired) electrons. The van der Waals surface area contributed by atoms with Crippen molar-refractivity contribution in [2.24, 2.45) is 5.28 Å². The summed E-state index contributed by atoms with van der Waals surface area (Å²) in [5.41, 5.74) is 7.75. The summed E-state index contributed by atoms with van der Waals surface area (Å²) in [5, 5.41) is 1.86. The van der Waals surface area contributed by atoms with E-state index in [0.717, 1.165) is 0 Å². The van der Waals surface area contributed by atoms with Gasteiger partial charge in [-0.1, -0.05) is 6.92 Å². The molecule has 0 rings (SSSR count). The Morgan fingerprint density at radius 3 is 2.64 bits per heavy atom. The fourth-order valence-electron chi connectivity index (χ4n) is 0.339. The summed E-state index contributed by atoms with van der Waals surface area (Å²) in [6.45, 7) is 3.17. The molecule has 0 aliphatic heterocycles. The number of hydrogen-bond acceptors (Lipinski definition) is 4. The van der Waals surface area contributed by atoms with Gasteiger partial charge >= 0.3 is 10.1 Å². The first-order chi connectivity index (χ1) is 5.04. The van der Waals surface area contributed by atoms with Crippen LogP contribution in [0.25, 0.3) is 10.4 Å². The average Bonchev–Trinajstić information content (AvgIpc) is 1.99. The second kappa shape index (κ2) is 4.05. The van der Waals surface area contributed by atoms with E-state index in [1.54, 1.807) is 6.92 Å². The minimum atomic E-state index is -3.69. The molecule has 1 atom stereocenters. The first-order valence-electron chi connectivity index (χ1n) is 3.01. The first kappa shape index (κ1) is 10.1. The molecule has 0 aromatic carbocycles. The van der Waals surface area contributed by atoms with E-state index in [1.165, 1.54) is 6.92 Å². The minimum Gasteiger partial charge on any atom is -0.310 e. The van der Waals surface area contributed by atoms with Gasteiger partial charge in [0.05, 0.1) is 5.25 Å². The molecule has 7 heteroatoms. The summed E-state index contributed by atoms with van der Waals surface area (Å²) in [5.74, 6) is 0. The van der Waals surface area contributed by atoms with Gasteiger partial charge in [0.2, 0.25) is 0 Å². The van der Waals surface area contributed by atoms with Gasteiger partial charge in [0, 0.05) is 4.91 Å². The highest BCUT2D eigenvalue weighted by atomic mass is 32.2. The number of azide groups is 1. The summed E-state index contributed by atoms with van der Waals surface area (Å²) < 4.78 is 25.6. The lowest BCUT2D eigenvalue weighted by molar-refractivity contribution is 0.325. The number of nitrogens with zero attached hydrogens (tertiary/aromatic N) is 3. The molecule has 6 nitrogen and oxygen atoms in total. The van der Waals surface area contributed by atoms with Gasteiger partial charge < -0.3 is 4.28 Å². The molecule has 0 heterocycles. The highest BCUT2D eigenvalue weighted by molar-refractivity contribution is 7.87. The van der Waals surface area contributed by atoms with Crippen LogP contribution in [0.3, 0.4) is 0 Å². The Hall–Kier alpha value is -0.940. The van der Waals surface area contributed by atoms with Crippen LogP contribution >= 0.6 is 0 Å². The van der Waals surface area contributed by atoms with E-state index in [4.69, 9.17) is 5.53 Å². The average molecular weight is 179 g/mol. The van der Waals surface area contributed by atoms with Gasteiger partial charge in [-0.3, -0.25) is 0 Å². The molecule has 0 saturated heterocycles. The molecule has 0 amide bonds. The van der Waals surface area contributed by atoms with E-state index in [1.807, 2.05) is 0 Å². The van der Waals surface area contributed by atoms with E-state index >= 15 is 0 Å². The molecule has 0 N–H and O–H groups in total. The van der Waals surface area contributed by atoms with Crippen LogP contribution in [0, 0.1) is 0 Å². The summed E-state index contributed by atoms with van der Waals surface area (Å²) in [7, 11) is -3.69. The largest absolute Gasteiger partial charge is 0.318 e. The minimum absolute atomic E-state index is 0.420. The van der Waals surface area contributed by atoms with Crippen molar-refractivity contribution in [3.05, 3.63) is 10.4 Å². The summed E-state index contributed by atoms with van der Waals surface area (Å²) in [6, 6.07) is 0. The molecular weight excluding hydrogens is 170 g/mol. The molecule has 0 saturated carbocycles. The van der Waals surface area contributed by atoms with Crippen molar-refractivity contribution in [3.63, 3.8) is 0 Å². The molecule has 64 valence electrons. The third kappa shape index (κ3) is 3.10. The van der Waals surface area contributed by atoms with Crippen molar-refractivity contribution in [2.45, 2.75) is 25.5 Å². The maximum atomic E-state index is 10.8. The van der Waals surface area contributed by atoms with Crippen LogP contribution in [-0.4, -0.2) is 13.7 Å². The van der Waals surface area contributed by atoms with E-state index < -0.39 is 15.4 Å². The number of hydrogen-bond donors (Lipinski definition) is 0. The Balaban J connectivity index is 4.34. The Kier molecular flexibility index (Phi) is 3.70. The van der Waals surface area contributed by atoms with Crippen LogP contribution < -0.4 is 0 Å². The zero-order chi connectivity index (χ0) is 8.91.